The smallest absolute Gasteiger partial charge is 0.295 e. The summed E-state index contributed by atoms with van der Waals surface area (Å²) in [5.74, 6) is -0.790. The average Bonchev–Trinajstić information content (AvgIpc) is 2.99. The molecule has 1 fully saturated rings. The van der Waals surface area contributed by atoms with E-state index < -0.39 is 17.7 Å². The lowest BCUT2D eigenvalue weighted by Crippen LogP contribution is -2.32. The standard InChI is InChI=1S/C24H29N3O4/c1-16(2)31-19-8-6-18(7-9-19)22(28)20-21(17-10-12-25-13-11-17)27(24(30)23(20)29)15-5-14-26(3)4/h6-13,16,21,28H,5,14-15H2,1-4H3/b22-20+. The van der Waals surface area contributed by atoms with E-state index in [1.807, 2.05) is 32.8 Å². The molecule has 1 N–H and O–H groups in total. The molecule has 0 spiro atoms. The summed E-state index contributed by atoms with van der Waals surface area (Å²) >= 11 is 0. The molecule has 31 heavy (non-hydrogen) atoms. The lowest BCUT2D eigenvalue weighted by atomic mass is 9.96. The van der Waals surface area contributed by atoms with Crippen molar-refractivity contribution in [3.05, 3.63) is 65.5 Å². The van der Waals surface area contributed by atoms with Gasteiger partial charge >= 0.3 is 0 Å². The van der Waals surface area contributed by atoms with E-state index in [1.165, 1.54) is 0 Å². The van der Waals surface area contributed by atoms with E-state index in [2.05, 4.69) is 4.98 Å². The van der Waals surface area contributed by atoms with Crippen LogP contribution in [0.15, 0.2) is 54.4 Å². The number of aromatic nitrogens is 1. The molecule has 3 rings (SSSR count). The molecule has 7 nitrogen and oxygen atoms in total. The molecule has 1 unspecified atom stereocenters. The first-order valence-corrected chi connectivity index (χ1v) is 10.4. The summed E-state index contributed by atoms with van der Waals surface area (Å²) in [6.07, 6.45) is 3.97. The third-order valence-corrected chi connectivity index (χ3v) is 5.07. The van der Waals surface area contributed by atoms with Gasteiger partial charge in [-0.15, -0.1) is 0 Å². The maximum absolute atomic E-state index is 13.0. The van der Waals surface area contributed by atoms with Crippen molar-refractivity contribution in [3.63, 3.8) is 0 Å². The molecule has 2 heterocycles. The number of likely N-dealkylation sites (tertiary alicyclic amines) is 1. The summed E-state index contributed by atoms with van der Waals surface area (Å²) in [5, 5.41) is 11.1. The van der Waals surface area contributed by atoms with Crippen molar-refractivity contribution in [1.82, 2.24) is 14.8 Å². The van der Waals surface area contributed by atoms with Crippen LogP contribution in [-0.4, -0.2) is 64.9 Å². The summed E-state index contributed by atoms with van der Waals surface area (Å²) in [4.78, 5) is 33.4. The first kappa shape index (κ1) is 22.5. The second-order valence-corrected chi connectivity index (χ2v) is 8.12. The van der Waals surface area contributed by atoms with Crippen molar-refractivity contribution in [2.45, 2.75) is 32.4 Å². The van der Waals surface area contributed by atoms with Crippen LogP contribution in [0.2, 0.25) is 0 Å². The summed E-state index contributed by atoms with van der Waals surface area (Å²) in [6.45, 7) is 5.05. The number of aliphatic hydroxyl groups excluding tert-OH is 1. The Labute approximate surface area is 183 Å². The fourth-order valence-electron chi connectivity index (χ4n) is 3.68. The van der Waals surface area contributed by atoms with E-state index in [4.69, 9.17) is 4.74 Å². The van der Waals surface area contributed by atoms with Gasteiger partial charge in [0, 0.05) is 24.5 Å². The van der Waals surface area contributed by atoms with E-state index in [1.54, 1.807) is 53.7 Å². The van der Waals surface area contributed by atoms with Gasteiger partial charge in [0.25, 0.3) is 11.7 Å². The monoisotopic (exact) mass is 423 g/mol. The lowest BCUT2D eigenvalue weighted by molar-refractivity contribution is -0.139. The van der Waals surface area contributed by atoms with Crippen LogP contribution >= 0.6 is 0 Å². The van der Waals surface area contributed by atoms with Crippen LogP contribution in [0.1, 0.15) is 37.4 Å². The van der Waals surface area contributed by atoms with Crippen molar-refractivity contribution in [2.75, 3.05) is 27.2 Å². The second kappa shape index (κ2) is 9.75. The van der Waals surface area contributed by atoms with Gasteiger partial charge in [0.1, 0.15) is 11.5 Å². The number of carbonyl (C=O) groups excluding carboxylic acids is 2. The molecule has 1 saturated heterocycles. The minimum absolute atomic E-state index is 0.0265. The fourth-order valence-corrected chi connectivity index (χ4v) is 3.68. The molecule has 1 aromatic carbocycles. The zero-order valence-electron chi connectivity index (χ0n) is 18.4. The number of nitrogens with zero attached hydrogens (tertiary/aromatic N) is 3. The van der Waals surface area contributed by atoms with E-state index in [-0.39, 0.29) is 17.4 Å². The number of hydrogen-bond donors (Lipinski definition) is 1. The predicted molar refractivity (Wildman–Crippen MR) is 119 cm³/mol. The van der Waals surface area contributed by atoms with Gasteiger partial charge in [0.05, 0.1) is 17.7 Å². The predicted octanol–water partition coefficient (Wildman–Crippen LogP) is 3.24. The number of carbonyl (C=O) groups is 2. The van der Waals surface area contributed by atoms with Gasteiger partial charge in [-0.2, -0.15) is 0 Å². The molecule has 1 aliphatic rings. The summed E-state index contributed by atoms with van der Waals surface area (Å²) in [6, 6.07) is 9.74. The lowest BCUT2D eigenvalue weighted by Gasteiger charge is -2.25. The van der Waals surface area contributed by atoms with Gasteiger partial charge in [0.2, 0.25) is 0 Å². The summed E-state index contributed by atoms with van der Waals surface area (Å²) < 4.78 is 5.65. The number of ether oxygens (including phenoxy) is 1. The molecule has 0 saturated carbocycles. The van der Waals surface area contributed by atoms with Gasteiger partial charge in [-0.3, -0.25) is 14.6 Å². The normalized spacial score (nSPS) is 18.3. The van der Waals surface area contributed by atoms with E-state index >= 15 is 0 Å². The zero-order valence-corrected chi connectivity index (χ0v) is 18.4. The first-order chi connectivity index (χ1) is 14.8. The van der Waals surface area contributed by atoms with Gasteiger partial charge < -0.3 is 19.6 Å². The molecule has 0 aliphatic carbocycles. The number of ketones is 1. The molecule has 7 heteroatoms. The van der Waals surface area contributed by atoms with Crippen LogP contribution in [0, 0.1) is 0 Å². The molecule has 1 amide bonds. The van der Waals surface area contributed by atoms with Crippen molar-refractivity contribution in [2.24, 2.45) is 0 Å². The van der Waals surface area contributed by atoms with Crippen molar-refractivity contribution in [1.29, 1.82) is 0 Å². The molecular formula is C24H29N3O4. The summed E-state index contributed by atoms with van der Waals surface area (Å²) in [5.41, 5.74) is 1.29. The number of hydrogen-bond acceptors (Lipinski definition) is 6. The molecular weight excluding hydrogens is 394 g/mol. The number of pyridine rings is 1. The highest BCUT2D eigenvalue weighted by molar-refractivity contribution is 6.46. The zero-order chi connectivity index (χ0) is 22.5. The Balaban J connectivity index is 2.01. The Hall–Kier alpha value is -3.19. The second-order valence-electron chi connectivity index (χ2n) is 8.12. The SMILES string of the molecule is CC(C)Oc1ccc(/C(O)=C2\C(=O)C(=O)N(CCCN(C)C)C2c2ccncc2)cc1. The number of rotatable bonds is 8. The van der Waals surface area contributed by atoms with Crippen LogP contribution in [0.5, 0.6) is 5.75 Å². The Morgan fingerprint density at radius 1 is 1.13 bits per heavy atom. The van der Waals surface area contributed by atoms with Gasteiger partial charge in [-0.1, -0.05) is 0 Å². The Bertz CT molecular complexity index is 953. The molecule has 0 bridgehead atoms. The number of amides is 1. The van der Waals surface area contributed by atoms with Crippen molar-refractivity contribution < 1.29 is 19.4 Å². The minimum atomic E-state index is -0.674. The van der Waals surface area contributed by atoms with Crippen LogP contribution in [0.4, 0.5) is 0 Å². The van der Waals surface area contributed by atoms with Gasteiger partial charge in [-0.25, -0.2) is 0 Å². The highest BCUT2D eigenvalue weighted by Gasteiger charge is 2.45. The quantitative estimate of drug-likeness (QED) is 0.399. The van der Waals surface area contributed by atoms with Crippen molar-refractivity contribution >= 4 is 17.4 Å². The van der Waals surface area contributed by atoms with Gasteiger partial charge in [0.15, 0.2) is 0 Å². The third kappa shape index (κ3) is 5.11. The first-order valence-electron chi connectivity index (χ1n) is 10.4. The molecule has 1 aliphatic heterocycles. The van der Waals surface area contributed by atoms with E-state index in [0.29, 0.717) is 24.3 Å². The number of aliphatic hydroxyl groups is 1. The third-order valence-electron chi connectivity index (χ3n) is 5.07. The fraction of sp³-hybridized carbons (Fsp3) is 0.375. The molecule has 0 radical (unpaired) electrons. The Morgan fingerprint density at radius 2 is 1.77 bits per heavy atom. The Morgan fingerprint density at radius 3 is 2.35 bits per heavy atom. The van der Waals surface area contributed by atoms with E-state index in [9.17, 15) is 14.7 Å². The maximum Gasteiger partial charge on any atom is 0.295 e. The minimum Gasteiger partial charge on any atom is -0.507 e. The molecule has 1 atom stereocenters. The number of benzene rings is 1. The topological polar surface area (TPSA) is 83.0 Å². The average molecular weight is 424 g/mol. The largest absolute Gasteiger partial charge is 0.507 e. The number of Topliss-reactive ketones (excluding diaryl/α,β-unsaturated/α-hetero) is 1. The molecule has 164 valence electrons. The maximum atomic E-state index is 13.0. The van der Waals surface area contributed by atoms with Gasteiger partial charge in [-0.05, 0) is 82.9 Å². The Kier molecular flexibility index (Phi) is 7.07. The van der Waals surface area contributed by atoms with Crippen LogP contribution in [0.3, 0.4) is 0 Å². The highest BCUT2D eigenvalue weighted by Crippen LogP contribution is 2.39. The highest BCUT2D eigenvalue weighted by atomic mass is 16.5. The summed E-state index contributed by atoms with van der Waals surface area (Å²) in [7, 11) is 3.92. The van der Waals surface area contributed by atoms with Crippen LogP contribution < -0.4 is 4.74 Å². The molecule has 2 aromatic rings. The van der Waals surface area contributed by atoms with Crippen LogP contribution in [0.25, 0.3) is 5.76 Å². The van der Waals surface area contributed by atoms with Crippen molar-refractivity contribution in [3.8, 4) is 5.75 Å². The van der Waals surface area contributed by atoms with Crippen LogP contribution in [-0.2, 0) is 9.59 Å². The molecule has 1 aromatic heterocycles. The van der Waals surface area contributed by atoms with E-state index in [0.717, 1.165) is 12.1 Å².